The molecule has 0 aliphatic heterocycles. The summed E-state index contributed by atoms with van der Waals surface area (Å²) in [7, 11) is 6.76. The second-order valence-corrected chi connectivity index (χ2v) is 6.70. The van der Waals surface area contributed by atoms with Gasteiger partial charge in [0.2, 0.25) is 0 Å². The minimum Gasteiger partial charge on any atom is -0.330 e. The van der Waals surface area contributed by atoms with E-state index in [2.05, 4.69) is 37.9 Å². The Labute approximate surface area is 120 Å². The van der Waals surface area contributed by atoms with Gasteiger partial charge in [-0.15, -0.1) is 0 Å². The number of hydrogen-bond donors (Lipinski definition) is 1. The molecule has 0 saturated heterocycles. The molecule has 0 aromatic heterocycles. The van der Waals surface area contributed by atoms with Crippen molar-refractivity contribution in [2.75, 3.05) is 40.8 Å². The van der Waals surface area contributed by atoms with Crippen LogP contribution in [0.15, 0.2) is 0 Å². The summed E-state index contributed by atoms with van der Waals surface area (Å²) in [6, 6.07) is 0. The standard InChI is InChI=1S/C16H35N3/c1-5-15(9-12-17)8-6-13-19(4)14-16(18(2)3)10-7-11-16/h15H,5-14,17H2,1-4H3. The molecule has 1 saturated carbocycles. The zero-order chi connectivity index (χ0) is 14.3. The Morgan fingerprint density at radius 3 is 2.26 bits per heavy atom. The van der Waals surface area contributed by atoms with Gasteiger partial charge in [0.1, 0.15) is 0 Å². The number of nitrogens with zero attached hydrogens (tertiary/aromatic N) is 2. The molecule has 19 heavy (non-hydrogen) atoms. The lowest BCUT2D eigenvalue weighted by molar-refractivity contribution is 0.0272. The van der Waals surface area contributed by atoms with Gasteiger partial charge in [0.15, 0.2) is 0 Å². The van der Waals surface area contributed by atoms with Crippen LogP contribution in [-0.4, -0.2) is 56.1 Å². The fraction of sp³-hybridized carbons (Fsp3) is 1.00. The van der Waals surface area contributed by atoms with Crippen molar-refractivity contribution in [3.05, 3.63) is 0 Å². The molecular weight excluding hydrogens is 234 g/mol. The van der Waals surface area contributed by atoms with Gasteiger partial charge in [-0.3, -0.25) is 0 Å². The van der Waals surface area contributed by atoms with Crippen molar-refractivity contribution in [2.24, 2.45) is 11.7 Å². The molecule has 3 heteroatoms. The van der Waals surface area contributed by atoms with Crippen LogP contribution >= 0.6 is 0 Å². The molecular formula is C16H35N3. The second kappa shape index (κ2) is 8.23. The molecule has 1 rings (SSSR count). The summed E-state index contributed by atoms with van der Waals surface area (Å²) < 4.78 is 0. The van der Waals surface area contributed by atoms with Crippen LogP contribution in [0.4, 0.5) is 0 Å². The highest BCUT2D eigenvalue weighted by Crippen LogP contribution is 2.36. The van der Waals surface area contributed by atoms with Crippen molar-refractivity contribution >= 4 is 0 Å². The highest BCUT2D eigenvalue weighted by molar-refractivity contribution is 4.97. The summed E-state index contributed by atoms with van der Waals surface area (Å²) in [5.74, 6) is 0.838. The molecule has 1 fully saturated rings. The monoisotopic (exact) mass is 269 g/mol. The molecule has 0 aromatic rings. The van der Waals surface area contributed by atoms with Gasteiger partial charge < -0.3 is 15.5 Å². The number of rotatable bonds is 10. The minimum absolute atomic E-state index is 0.468. The lowest BCUT2D eigenvalue weighted by Gasteiger charge is -2.49. The van der Waals surface area contributed by atoms with Crippen LogP contribution < -0.4 is 5.73 Å². The molecule has 1 unspecified atom stereocenters. The van der Waals surface area contributed by atoms with Crippen molar-refractivity contribution in [3.8, 4) is 0 Å². The van der Waals surface area contributed by atoms with E-state index in [1.807, 2.05) is 0 Å². The van der Waals surface area contributed by atoms with Crippen LogP contribution in [0.2, 0.25) is 0 Å². The van der Waals surface area contributed by atoms with Gasteiger partial charge in [0.05, 0.1) is 0 Å². The maximum Gasteiger partial charge on any atom is 0.0330 e. The quantitative estimate of drug-likeness (QED) is 0.661. The van der Waals surface area contributed by atoms with Crippen molar-refractivity contribution in [1.82, 2.24) is 9.80 Å². The predicted octanol–water partition coefficient (Wildman–Crippen LogP) is 2.56. The summed E-state index contributed by atoms with van der Waals surface area (Å²) in [5.41, 5.74) is 6.13. The average molecular weight is 269 g/mol. The van der Waals surface area contributed by atoms with Gasteiger partial charge in [-0.1, -0.05) is 13.3 Å². The van der Waals surface area contributed by atoms with E-state index in [9.17, 15) is 0 Å². The topological polar surface area (TPSA) is 32.5 Å². The molecule has 2 N–H and O–H groups in total. The Kier molecular flexibility index (Phi) is 7.33. The van der Waals surface area contributed by atoms with E-state index in [0.29, 0.717) is 5.54 Å². The van der Waals surface area contributed by atoms with E-state index >= 15 is 0 Å². The van der Waals surface area contributed by atoms with Crippen LogP contribution in [0.1, 0.15) is 51.9 Å². The zero-order valence-electron chi connectivity index (χ0n) is 13.6. The summed E-state index contributed by atoms with van der Waals surface area (Å²) in [4.78, 5) is 4.98. The first kappa shape index (κ1) is 16.9. The largest absolute Gasteiger partial charge is 0.330 e. The molecule has 1 aliphatic carbocycles. The first-order valence-electron chi connectivity index (χ1n) is 8.10. The SMILES string of the molecule is CCC(CCN)CCCN(C)CC1(N(C)C)CCC1. The normalized spacial score (nSPS) is 19.7. The first-order valence-corrected chi connectivity index (χ1v) is 8.10. The molecule has 0 amide bonds. The van der Waals surface area contributed by atoms with Gasteiger partial charge >= 0.3 is 0 Å². The zero-order valence-corrected chi connectivity index (χ0v) is 13.6. The number of nitrogens with two attached hydrogens (primary N) is 1. The van der Waals surface area contributed by atoms with Gasteiger partial charge in [-0.2, -0.15) is 0 Å². The van der Waals surface area contributed by atoms with E-state index in [1.165, 1.54) is 58.0 Å². The minimum atomic E-state index is 0.468. The fourth-order valence-electron chi connectivity index (χ4n) is 3.35. The van der Waals surface area contributed by atoms with Crippen LogP contribution in [-0.2, 0) is 0 Å². The molecule has 0 aromatic carbocycles. The summed E-state index contributed by atoms with van der Waals surface area (Å²) in [6.45, 7) is 5.60. The van der Waals surface area contributed by atoms with Gasteiger partial charge in [0, 0.05) is 12.1 Å². The van der Waals surface area contributed by atoms with E-state index in [-0.39, 0.29) is 0 Å². The maximum atomic E-state index is 5.66. The molecule has 0 bridgehead atoms. The van der Waals surface area contributed by atoms with Gasteiger partial charge in [0.25, 0.3) is 0 Å². The lowest BCUT2D eigenvalue weighted by atomic mass is 9.75. The van der Waals surface area contributed by atoms with Crippen molar-refractivity contribution in [1.29, 1.82) is 0 Å². The molecule has 0 heterocycles. The Hall–Kier alpha value is -0.120. The Balaban J connectivity index is 2.22. The molecule has 3 nitrogen and oxygen atoms in total. The van der Waals surface area contributed by atoms with E-state index in [0.717, 1.165) is 12.5 Å². The fourth-order valence-corrected chi connectivity index (χ4v) is 3.35. The molecule has 1 atom stereocenters. The maximum absolute atomic E-state index is 5.66. The average Bonchev–Trinajstić information content (AvgIpc) is 2.32. The second-order valence-electron chi connectivity index (χ2n) is 6.70. The third-order valence-corrected chi connectivity index (χ3v) is 5.10. The summed E-state index contributed by atoms with van der Waals surface area (Å²) in [6.07, 6.45) is 9.28. The van der Waals surface area contributed by atoms with Crippen LogP contribution in [0, 0.1) is 5.92 Å². The number of likely N-dealkylation sites (N-methyl/N-ethyl adjacent to an activating group) is 2. The highest BCUT2D eigenvalue weighted by Gasteiger charge is 2.39. The Bertz CT molecular complexity index is 236. The third-order valence-electron chi connectivity index (χ3n) is 5.10. The third kappa shape index (κ3) is 5.05. The predicted molar refractivity (Wildman–Crippen MR) is 84.5 cm³/mol. The number of hydrogen-bond acceptors (Lipinski definition) is 3. The summed E-state index contributed by atoms with van der Waals surface area (Å²) in [5, 5.41) is 0. The first-order chi connectivity index (χ1) is 9.04. The van der Waals surface area contributed by atoms with Crippen molar-refractivity contribution < 1.29 is 0 Å². The molecule has 114 valence electrons. The summed E-state index contributed by atoms with van der Waals surface area (Å²) >= 11 is 0. The van der Waals surface area contributed by atoms with E-state index in [4.69, 9.17) is 5.73 Å². The molecule has 0 spiro atoms. The van der Waals surface area contributed by atoms with Crippen molar-refractivity contribution in [3.63, 3.8) is 0 Å². The Morgan fingerprint density at radius 2 is 1.84 bits per heavy atom. The smallest absolute Gasteiger partial charge is 0.0330 e. The van der Waals surface area contributed by atoms with E-state index in [1.54, 1.807) is 0 Å². The Morgan fingerprint density at radius 1 is 1.16 bits per heavy atom. The highest BCUT2D eigenvalue weighted by atomic mass is 15.2. The van der Waals surface area contributed by atoms with Crippen LogP contribution in [0.5, 0.6) is 0 Å². The van der Waals surface area contributed by atoms with Crippen molar-refractivity contribution in [2.45, 2.75) is 57.4 Å². The lowest BCUT2D eigenvalue weighted by Crippen LogP contribution is -2.56. The van der Waals surface area contributed by atoms with E-state index < -0.39 is 0 Å². The van der Waals surface area contributed by atoms with Crippen LogP contribution in [0.25, 0.3) is 0 Å². The molecule has 0 radical (unpaired) electrons. The van der Waals surface area contributed by atoms with Crippen LogP contribution in [0.3, 0.4) is 0 Å². The molecule has 1 aliphatic rings. The van der Waals surface area contributed by atoms with Gasteiger partial charge in [-0.05, 0) is 78.7 Å². The van der Waals surface area contributed by atoms with Gasteiger partial charge in [-0.25, -0.2) is 0 Å².